The van der Waals surface area contributed by atoms with Crippen LogP contribution >= 0.6 is 11.8 Å². The van der Waals surface area contributed by atoms with E-state index in [2.05, 4.69) is 41.2 Å². The van der Waals surface area contributed by atoms with Crippen LogP contribution in [0.2, 0.25) is 0 Å². The monoisotopic (exact) mass is 339 g/mol. The van der Waals surface area contributed by atoms with Crippen LogP contribution in [0, 0.1) is 0 Å². The van der Waals surface area contributed by atoms with E-state index in [1.807, 2.05) is 4.68 Å². The van der Waals surface area contributed by atoms with Crippen LogP contribution in [0.1, 0.15) is 51.6 Å². The van der Waals surface area contributed by atoms with Crippen LogP contribution in [0.4, 0.5) is 0 Å². The van der Waals surface area contributed by atoms with E-state index in [-0.39, 0.29) is 5.97 Å². The molecule has 0 atom stereocenters. The molecule has 0 saturated carbocycles. The average Bonchev–Trinajstić information content (AvgIpc) is 3.00. The van der Waals surface area contributed by atoms with Crippen LogP contribution in [0.25, 0.3) is 0 Å². The molecule has 0 spiro atoms. The van der Waals surface area contributed by atoms with Gasteiger partial charge in [0, 0.05) is 24.2 Å². The number of methoxy groups -OCH3 is 1. The van der Waals surface area contributed by atoms with Crippen molar-refractivity contribution < 1.29 is 9.53 Å². The molecule has 0 aliphatic heterocycles. The smallest absolute Gasteiger partial charge is 0.306 e. The molecule has 1 aromatic rings. The Morgan fingerprint density at radius 2 is 2.22 bits per heavy atom. The minimum Gasteiger partial charge on any atom is -0.469 e. The number of ether oxygens (including phenoxy) is 1. The normalized spacial score (nSPS) is 11.7. The van der Waals surface area contributed by atoms with Gasteiger partial charge in [-0.05, 0) is 26.2 Å². The van der Waals surface area contributed by atoms with Crippen LogP contribution in [0.15, 0.2) is 17.8 Å². The molecule has 23 heavy (non-hydrogen) atoms. The van der Waals surface area contributed by atoms with E-state index in [4.69, 9.17) is 0 Å². The van der Waals surface area contributed by atoms with E-state index in [0.717, 1.165) is 36.6 Å². The average molecular weight is 340 g/mol. The molecule has 5 nitrogen and oxygen atoms in total. The summed E-state index contributed by atoms with van der Waals surface area (Å²) in [6, 6.07) is 0. The van der Waals surface area contributed by atoms with Crippen molar-refractivity contribution in [2.75, 3.05) is 18.6 Å². The van der Waals surface area contributed by atoms with Crippen LogP contribution in [0.5, 0.6) is 0 Å². The van der Waals surface area contributed by atoms with Gasteiger partial charge >= 0.3 is 5.97 Å². The lowest BCUT2D eigenvalue weighted by Gasteiger charge is -2.02. The molecule has 130 valence electrons. The Kier molecular flexibility index (Phi) is 10.4. The van der Waals surface area contributed by atoms with Gasteiger partial charge in [0.05, 0.1) is 19.2 Å². The molecule has 1 rings (SSSR count). The third-order valence-corrected chi connectivity index (χ3v) is 4.48. The number of carbonyl (C=O) groups is 1. The fourth-order valence-electron chi connectivity index (χ4n) is 2.05. The molecule has 1 heterocycles. The number of esters is 1. The summed E-state index contributed by atoms with van der Waals surface area (Å²) >= 11 is 1.75. The van der Waals surface area contributed by atoms with Gasteiger partial charge in [0.2, 0.25) is 0 Å². The predicted octanol–water partition coefficient (Wildman–Crippen LogP) is 3.64. The summed E-state index contributed by atoms with van der Waals surface area (Å²) < 4.78 is 6.55. The Morgan fingerprint density at radius 3 is 2.96 bits per heavy atom. The predicted molar refractivity (Wildman–Crippen MR) is 95.6 cm³/mol. The van der Waals surface area contributed by atoms with Gasteiger partial charge in [0.25, 0.3) is 0 Å². The molecule has 0 aliphatic rings. The second-order valence-corrected chi connectivity index (χ2v) is 6.78. The van der Waals surface area contributed by atoms with E-state index < -0.39 is 0 Å². The van der Waals surface area contributed by atoms with Crippen molar-refractivity contribution in [2.45, 2.75) is 58.9 Å². The summed E-state index contributed by atoms with van der Waals surface area (Å²) in [6.07, 6.45) is 10.5. The zero-order valence-electron chi connectivity index (χ0n) is 14.6. The van der Waals surface area contributed by atoms with Gasteiger partial charge in [0.15, 0.2) is 0 Å². The topological polar surface area (TPSA) is 57.0 Å². The van der Waals surface area contributed by atoms with Gasteiger partial charge < -0.3 is 4.74 Å². The summed E-state index contributed by atoms with van der Waals surface area (Å²) in [5, 5.41) is 8.41. The highest BCUT2D eigenvalue weighted by molar-refractivity contribution is 7.99. The SMILES string of the molecule is CCCCCc1cn(CC/C(C)=C/CSCCC(=O)OC)nn1. The van der Waals surface area contributed by atoms with Crippen molar-refractivity contribution in [3.63, 3.8) is 0 Å². The molecule has 0 fully saturated rings. The zero-order valence-corrected chi connectivity index (χ0v) is 15.4. The molecule has 0 N–H and O–H groups in total. The molecule has 1 aromatic heterocycles. The first-order valence-electron chi connectivity index (χ1n) is 8.35. The number of aromatic nitrogens is 3. The van der Waals surface area contributed by atoms with Crippen molar-refractivity contribution in [2.24, 2.45) is 0 Å². The van der Waals surface area contributed by atoms with Crippen LogP contribution in [-0.4, -0.2) is 39.6 Å². The largest absolute Gasteiger partial charge is 0.469 e. The summed E-state index contributed by atoms with van der Waals surface area (Å²) in [5.41, 5.74) is 2.44. The summed E-state index contributed by atoms with van der Waals surface area (Å²) in [4.78, 5) is 11.0. The highest BCUT2D eigenvalue weighted by atomic mass is 32.2. The van der Waals surface area contributed by atoms with E-state index >= 15 is 0 Å². The van der Waals surface area contributed by atoms with E-state index in [1.54, 1.807) is 11.8 Å². The fraction of sp³-hybridized carbons (Fsp3) is 0.706. The maximum absolute atomic E-state index is 11.0. The highest BCUT2D eigenvalue weighted by Crippen LogP contribution is 2.09. The number of hydrogen-bond acceptors (Lipinski definition) is 5. The number of hydrogen-bond donors (Lipinski definition) is 0. The second-order valence-electron chi connectivity index (χ2n) is 5.63. The number of allylic oxidation sites excluding steroid dienone is 1. The van der Waals surface area contributed by atoms with Gasteiger partial charge in [-0.1, -0.05) is 36.6 Å². The number of rotatable bonds is 12. The third-order valence-electron chi connectivity index (χ3n) is 3.59. The van der Waals surface area contributed by atoms with Gasteiger partial charge in [-0.2, -0.15) is 11.8 Å². The minimum absolute atomic E-state index is 0.140. The molecular weight excluding hydrogens is 310 g/mol. The molecule has 0 saturated heterocycles. The van der Waals surface area contributed by atoms with Crippen molar-refractivity contribution in [3.8, 4) is 0 Å². The van der Waals surface area contributed by atoms with Crippen molar-refractivity contribution in [1.82, 2.24) is 15.0 Å². The van der Waals surface area contributed by atoms with E-state index in [1.165, 1.54) is 31.9 Å². The molecule has 0 aromatic carbocycles. The fourth-order valence-corrected chi connectivity index (χ4v) is 2.93. The first-order valence-corrected chi connectivity index (χ1v) is 9.50. The first-order chi connectivity index (χ1) is 11.2. The standard InChI is InChI=1S/C17H29N3O2S/c1-4-5-6-7-16-14-20(19-18-16)11-8-15(2)9-12-23-13-10-17(21)22-3/h9,14H,4-8,10-13H2,1-3H3/b15-9+. The Labute approximate surface area is 143 Å². The lowest BCUT2D eigenvalue weighted by Crippen LogP contribution is -2.01. The Balaban J connectivity index is 2.18. The van der Waals surface area contributed by atoms with Crippen molar-refractivity contribution in [1.29, 1.82) is 0 Å². The number of nitrogens with zero attached hydrogens (tertiary/aromatic N) is 3. The van der Waals surface area contributed by atoms with Gasteiger partial charge in [-0.15, -0.1) is 5.10 Å². The van der Waals surface area contributed by atoms with Gasteiger partial charge in [-0.25, -0.2) is 0 Å². The lowest BCUT2D eigenvalue weighted by molar-refractivity contribution is -0.140. The summed E-state index contributed by atoms with van der Waals surface area (Å²) in [7, 11) is 1.43. The van der Waals surface area contributed by atoms with Gasteiger partial charge in [-0.3, -0.25) is 9.48 Å². The number of carbonyl (C=O) groups excluding carboxylic acids is 1. The molecule has 0 amide bonds. The van der Waals surface area contributed by atoms with E-state index in [0.29, 0.717) is 6.42 Å². The third kappa shape index (κ3) is 9.43. The maximum Gasteiger partial charge on any atom is 0.306 e. The van der Waals surface area contributed by atoms with E-state index in [9.17, 15) is 4.79 Å². The van der Waals surface area contributed by atoms with Crippen LogP contribution in [-0.2, 0) is 22.5 Å². The molecule has 0 unspecified atom stereocenters. The number of thioether (sulfide) groups is 1. The Bertz CT molecular complexity index is 486. The number of unbranched alkanes of at least 4 members (excludes halogenated alkanes) is 2. The number of aryl methyl sites for hydroxylation is 2. The van der Waals surface area contributed by atoms with Crippen LogP contribution in [0.3, 0.4) is 0 Å². The molecule has 0 radical (unpaired) electrons. The summed E-state index contributed by atoms with van der Waals surface area (Å²) in [5.74, 6) is 1.60. The minimum atomic E-state index is -0.140. The molecule has 6 heteroatoms. The maximum atomic E-state index is 11.0. The molecule has 0 bridgehead atoms. The summed E-state index contributed by atoms with van der Waals surface area (Å²) in [6.45, 7) is 5.22. The Hall–Kier alpha value is -1.30. The lowest BCUT2D eigenvalue weighted by atomic mass is 10.2. The Morgan fingerprint density at radius 1 is 1.39 bits per heavy atom. The second kappa shape index (κ2) is 12.2. The van der Waals surface area contributed by atoms with Crippen molar-refractivity contribution in [3.05, 3.63) is 23.5 Å². The molecule has 0 aliphatic carbocycles. The highest BCUT2D eigenvalue weighted by Gasteiger charge is 2.01. The van der Waals surface area contributed by atoms with Crippen molar-refractivity contribution >= 4 is 17.7 Å². The first kappa shape index (κ1) is 19.7. The zero-order chi connectivity index (χ0) is 16.9. The quantitative estimate of drug-likeness (QED) is 0.330. The van der Waals surface area contributed by atoms with Crippen LogP contribution < -0.4 is 0 Å². The molecular formula is C17H29N3O2S. The van der Waals surface area contributed by atoms with Gasteiger partial charge in [0.1, 0.15) is 0 Å².